The van der Waals surface area contributed by atoms with Gasteiger partial charge >= 0.3 is 0 Å². The minimum absolute atomic E-state index is 0.276. The maximum atomic E-state index is 13.2. The molecular formula is C17H29N3O2S. The molecule has 1 aromatic heterocycles. The van der Waals surface area contributed by atoms with Crippen molar-refractivity contribution in [1.82, 2.24) is 14.1 Å². The zero-order chi connectivity index (χ0) is 16.7. The average molecular weight is 340 g/mol. The van der Waals surface area contributed by atoms with Gasteiger partial charge in [-0.25, -0.2) is 8.42 Å². The molecule has 1 aromatic rings. The van der Waals surface area contributed by atoms with E-state index in [4.69, 9.17) is 5.10 Å². The minimum Gasteiger partial charge on any atom is -0.268 e. The van der Waals surface area contributed by atoms with Crippen molar-refractivity contribution in [3.63, 3.8) is 0 Å². The van der Waals surface area contributed by atoms with E-state index in [0.717, 1.165) is 37.8 Å². The molecule has 6 heteroatoms. The van der Waals surface area contributed by atoms with Gasteiger partial charge < -0.3 is 0 Å². The molecule has 1 saturated heterocycles. The number of hydrogen-bond donors (Lipinski definition) is 0. The highest BCUT2D eigenvalue weighted by Gasteiger charge is 2.35. The number of sulfonamides is 1. The van der Waals surface area contributed by atoms with Gasteiger partial charge in [0.2, 0.25) is 10.0 Å². The summed E-state index contributed by atoms with van der Waals surface area (Å²) in [5, 5.41) is 4.74. The van der Waals surface area contributed by atoms with E-state index in [1.54, 1.807) is 10.5 Å². The molecule has 5 nitrogen and oxygen atoms in total. The zero-order valence-electron chi connectivity index (χ0n) is 14.6. The van der Waals surface area contributed by atoms with Crippen molar-refractivity contribution in [2.45, 2.75) is 82.1 Å². The fourth-order valence-corrected chi connectivity index (χ4v) is 5.53. The third-order valence-electron chi connectivity index (χ3n) is 5.04. The monoisotopic (exact) mass is 339 g/mol. The van der Waals surface area contributed by atoms with Crippen molar-refractivity contribution in [1.29, 1.82) is 0 Å². The number of piperidine rings is 1. The molecule has 23 heavy (non-hydrogen) atoms. The zero-order valence-corrected chi connectivity index (χ0v) is 15.4. The summed E-state index contributed by atoms with van der Waals surface area (Å²) in [6.45, 7) is 7.41. The van der Waals surface area contributed by atoms with Crippen molar-refractivity contribution < 1.29 is 8.42 Å². The van der Waals surface area contributed by atoms with Crippen LogP contribution in [0.4, 0.5) is 0 Å². The van der Waals surface area contributed by atoms with Crippen molar-refractivity contribution in [2.24, 2.45) is 0 Å². The maximum Gasteiger partial charge on any atom is 0.246 e. The van der Waals surface area contributed by atoms with Crippen LogP contribution in [0.5, 0.6) is 0 Å². The van der Waals surface area contributed by atoms with Gasteiger partial charge in [0.25, 0.3) is 0 Å². The molecule has 0 atom stereocenters. The van der Waals surface area contributed by atoms with Crippen molar-refractivity contribution in [3.8, 4) is 0 Å². The Hall–Kier alpha value is -0.880. The van der Waals surface area contributed by atoms with Crippen LogP contribution in [0.3, 0.4) is 0 Å². The Morgan fingerprint density at radius 1 is 1.04 bits per heavy atom. The summed E-state index contributed by atoms with van der Waals surface area (Å²) in [6, 6.07) is 0.362. The quantitative estimate of drug-likeness (QED) is 0.847. The van der Waals surface area contributed by atoms with Crippen molar-refractivity contribution >= 4 is 10.0 Å². The Kier molecular flexibility index (Phi) is 4.58. The molecule has 0 aromatic carbocycles. The first kappa shape index (κ1) is 17.0. The molecule has 0 amide bonds. The lowest BCUT2D eigenvalue weighted by Gasteiger charge is -2.27. The third-order valence-corrected chi connectivity index (χ3v) is 6.94. The smallest absolute Gasteiger partial charge is 0.246 e. The van der Waals surface area contributed by atoms with Crippen LogP contribution in [0.2, 0.25) is 0 Å². The standard InChI is InChI=1S/C17H29N3O2S/c1-17(2,3)16-15(13-20(18-16)14-9-5-6-10-14)23(21,22)19-11-7-4-8-12-19/h13-14H,4-12H2,1-3H3. The minimum atomic E-state index is -3.43. The Morgan fingerprint density at radius 2 is 1.65 bits per heavy atom. The normalized spacial score (nSPS) is 21.9. The molecule has 2 fully saturated rings. The summed E-state index contributed by atoms with van der Waals surface area (Å²) in [6.07, 6.45) is 9.48. The molecule has 0 unspecified atom stereocenters. The van der Waals surface area contributed by atoms with Gasteiger partial charge in [0.15, 0.2) is 0 Å². The molecule has 1 saturated carbocycles. The van der Waals surface area contributed by atoms with E-state index < -0.39 is 10.0 Å². The molecule has 3 rings (SSSR count). The van der Waals surface area contributed by atoms with Crippen LogP contribution in [0.1, 0.15) is 77.5 Å². The molecule has 2 aliphatic rings. The Labute approximate surface area is 140 Å². The highest BCUT2D eigenvalue weighted by atomic mass is 32.2. The van der Waals surface area contributed by atoms with E-state index in [9.17, 15) is 8.42 Å². The predicted octanol–water partition coefficient (Wildman–Crippen LogP) is 3.47. The van der Waals surface area contributed by atoms with Gasteiger partial charge in [-0.3, -0.25) is 4.68 Å². The highest BCUT2D eigenvalue weighted by molar-refractivity contribution is 7.89. The highest BCUT2D eigenvalue weighted by Crippen LogP contribution is 2.35. The van der Waals surface area contributed by atoms with Crippen LogP contribution in [0, 0.1) is 0 Å². The van der Waals surface area contributed by atoms with Crippen LogP contribution in [-0.2, 0) is 15.4 Å². The predicted molar refractivity (Wildman–Crippen MR) is 91.0 cm³/mol. The van der Waals surface area contributed by atoms with Gasteiger partial charge in [0.05, 0.1) is 11.7 Å². The second-order valence-electron chi connectivity index (χ2n) is 7.97. The largest absolute Gasteiger partial charge is 0.268 e. The van der Waals surface area contributed by atoms with E-state index in [-0.39, 0.29) is 5.41 Å². The molecule has 0 spiro atoms. The average Bonchev–Trinajstić information content (AvgIpc) is 3.16. The van der Waals surface area contributed by atoms with E-state index in [2.05, 4.69) is 0 Å². The molecular weight excluding hydrogens is 310 g/mol. The van der Waals surface area contributed by atoms with Crippen LogP contribution >= 0.6 is 0 Å². The van der Waals surface area contributed by atoms with E-state index in [1.807, 2.05) is 25.5 Å². The lowest BCUT2D eigenvalue weighted by atomic mass is 9.92. The van der Waals surface area contributed by atoms with E-state index in [1.165, 1.54) is 12.8 Å². The summed E-state index contributed by atoms with van der Waals surface area (Å²) in [5.41, 5.74) is 0.442. The summed E-state index contributed by atoms with van der Waals surface area (Å²) < 4.78 is 29.9. The molecule has 1 aliphatic heterocycles. The number of aromatic nitrogens is 2. The van der Waals surface area contributed by atoms with Gasteiger partial charge in [-0.15, -0.1) is 0 Å². The van der Waals surface area contributed by atoms with E-state index >= 15 is 0 Å². The molecule has 2 heterocycles. The molecule has 0 radical (unpaired) electrons. The van der Waals surface area contributed by atoms with Crippen molar-refractivity contribution in [3.05, 3.63) is 11.9 Å². The molecule has 0 bridgehead atoms. The van der Waals surface area contributed by atoms with Gasteiger partial charge in [-0.05, 0) is 25.7 Å². The molecule has 130 valence electrons. The Bertz CT molecular complexity index is 646. The van der Waals surface area contributed by atoms with Gasteiger partial charge in [0.1, 0.15) is 4.90 Å². The third kappa shape index (κ3) is 3.33. The Balaban J connectivity index is 2.02. The maximum absolute atomic E-state index is 13.2. The molecule has 0 N–H and O–H groups in total. The number of hydrogen-bond acceptors (Lipinski definition) is 3. The first-order valence-electron chi connectivity index (χ1n) is 8.90. The Morgan fingerprint density at radius 3 is 2.22 bits per heavy atom. The summed E-state index contributed by atoms with van der Waals surface area (Å²) in [5.74, 6) is 0. The number of rotatable bonds is 3. The van der Waals surface area contributed by atoms with Gasteiger partial charge in [-0.2, -0.15) is 9.40 Å². The second kappa shape index (κ2) is 6.20. The lowest BCUT2D eigenvalue weighted by Crippen LogP contribution is -2.36. The van der Waals surface area contributed by atoms with Gasteiger partial charge in [-0.1, -0.05) is 40.0 Å². The van der Waals surface area contributed by atoms with Crippen LogP contribution in [-0.4, -0.2) is 35.6 Å². The fourth-order valence-electron chi connectivity index (χ4n) is 3.68. The SMILES string of the molecule is CC(C)(C)c1nn(C2CCCC2)cc1S(=O)(=O)N1CCCCC1. The first-order chi connectivity index (χ1) is 10.8. The van der Waals surface area contributed by atoms with E-state index in [0.29, 0.717) is 24.0 Å². The summed E-state index contributed by atoms with van der Waals surface area (Å²) in [7, 11) is -3.43. The fraction of sp³-hybridized carbons (Fsp3) is 0.824. The van der Waals surface area contributed by atoms with Crippen molar-refractivity contribution in [2.75, 3.05) is 13.1 Å². The van der Waals surface area contributed by atoms with Gasteiger partial charge in [0, 0.05) is 24.7 Å². The van der Waals surface area contributed by atoms with Crippen LogP contribution in [0.15, 0.2) is 11.1 Å². The first-order valence-corrected chi connectivity index (χ1v) is 10.3. The topological polar surface area (TPSA) is 55.2 Å². The number of nitrogens with zero attached hydrogens (tertiary/aromatic N) is 3. The molecule has 1 aliphatic carbocycles. The second-order valence-corrected chi connectivity index (χ2v) is 9.88. The van der Waals surface area contributed by atoms with Crippen LogP contribution < -0.4 is 0 Å². The van der Waals surface area contributed by atoms with Crippen LogP contribution in [0.25, 0.3) is 0 Å². The summed E-state index contributed by atoms with van der Waals surface area (Å²) >= 11 is 0. The lowest BCUT2D eigenvalue weighted by molar-refractivity contribution is 0.345. The summed E-state index contributed by atoms with van der Waals surface area (Å²) in [4.78, 5) is 0.429.